The molecule has 1 aromatic rings. The quantitative estimate of drug-likeness (QED) is 0.423. The second kappa shape index (κ2) is 10.2. The predicted molar refractivity (Wildman–Crippen MR) is 112 cm³/mol. The molecular formula is C19H24ClN3O7S. The summed E-state index contributed by atoms with van der Waals surface area (Å²) in [6.45, 7) is 4.69. The van der Waals surface area contributed by atoms with Crippen LogP contribution >= 0.6 is 11.6 Å². The maximum Gasteiger partial charge on any atom is 0.326 e. The third-order valence-corrected chi connectivity index (χ3v) is 7.03. The Bertz CT molecular complexity index is 976. The lowest BCUT2D eigenvalue weighted by Crippen LogP contribution is -2.38. The zero-order chi connectivity index (χ0) is 23.3. The van der Waals surface area contributed by atoms with Crippen LogP contribution in [0.2, 0.25) is 5.02 Å². The summed E-state index contributed by atoms with van der Waals surface area (Å²) >= 11 is 6.08. The van der Waals surface area contributed by atoms with Crippen LogP contribution < -0.4 is 5.32 Å². The van der Waals surface area contributed by atoms with E-state index in [0.29, 0.717) is 0 Å². The average Bonchev–Trinajstić information content (AvgIpc) is 3.02. The number of amides is 3. The minimum Gasteiger partial charge on any atom is -0.451 e. The van der Waals surface area contributed by atoms with Gasteiger partial charge in [0.2, 0.25) is 21.8 Å². The number of likely N-dealkylation sites (tertiary alicyclic amines) is 1. The maximum absolute atomic E-state index is 12.7. The van der Waals surface area contributed by atoms with E-state index in [-0.39, 0.29) is 41.5 Å². The third kappa shape index (κ3) is 5.81. The monoisotopic (exact) mass is 473 g/mol. The number of nitrogens with one attached hydrogen (secondary N) is 1. The Hall–Kier alpha value is -2.50. The molecule has 2 rings (SSSR count). The van der Waals surface area contributed by atoms with Gasteiger partial charge >= 0.3 is 5.97 Å². The van der Waals surface area contributed by atoms with Crippen LogP contribution in [0.1, 0.15) is 33.6 Å². The first-order valence-electron chi connectivity index (χ1n) is 9.64. The van der Waals surface area contributed by atoms with Crippen LogP contribution in [0.25, 0.3) is 0 Å². The molecule has 1 atom stereocenters. The molecule has 0 aliphatic carbocycles. The molecule has 12 heteroatoms. The number of benzene rings is 1. The number of carbonyl (C=O) groups is 4. The first kappa shape index (κ1) is 24.8. The fourth-order valence-corrected chi connectivity index (χ4v) is 4.57. The summed E-state index contributed by atoms with van der Waals surface area (Å²) in [4.78, 5) is 48.3. The zero-order valence-corrected chi connectivity index (χ0v) is 19.0. The smallest absolute Gasteiger partial charge is 0.326 e. The number of hydrogen-bond donors (Lipinski definition) is 1. The van der Waals surface area contributed by atoms with Crippen molar-refractivity contribution >= 4 is 51.0 Å². The molecule has 1 heterocycles. The van der Waals surface area contributed by atoms with Gasteiger partial charge < -0.3 is 10.1 Å². The Morgan fingerprint density at radius 3 is 2.32 bits per heavy atom. The lowest BCUT2D eigenvalue weighted by atomic mass is 10.3. The molecule has 1 aliphatic heterocycles. The van der Waals surface area contributed by atoms with Crippen molar-refractivity contribution in [1.29, 1.82) is 0 Å². The standard InChI is InChI=1S/C19H24ClN3O7S/c1-4-22(5-2)31(28,29)13-6-7-14(20)15(10-13)21-19(27)12(3)30-18(26)11-23-16(24)8-9-17(23)25/h6-7,10,12H,4-5,8-9,11H2,1-3H3,(H,21,27). The van der Waals surface area contributed by atoms with Gasteiger partial charge in [-0.15, -0.1) is 0 Å². The van der Waals surface area contributed by atoms with E-state index in [1.807, 2.05) is 0 Å². The normalized spacial score (nSPS) is 15.3. The van der Waals surface area contributed by atoms with Crippen LogP contribution in [-0.2, 0) is 33.9 Å². The average molecular weight is 474 g/mol. The number of halogens is 1. The summed E-state index contributed by atoms with van der Waals surface area (Å²) < 4.78 is 31.6. The molecule has 1 aromatic carbocycles. The molecule has 10 nitrogen and oxygen atoms in total. The number of rotatable bonds is 9. The summed E-state index contributed by atoms with van der Waals surface area (Å²) in [5.41, 5.74) is 0.0349. The number of sulfonamides is 1. The van der Waals surface area contributed by atoms with E-state index >= 15 is 0 Å². The van der Waals surface area contributed by atoms with Crippen molar-refractivity contribution in [1.82, 2.24) is 9.21 Å². The number of imide groups is 1. The van der Waals surface area contributed by atoms with Gasteiger partial charge in [0.05, 0.1) is 15.6 Å². The second-order valence-electron chi connectivity index (χ2n) is 6.73. The number of carbonyl (C=O) groups excluding carboxylic acids is 4. The van der Waals surface area contributed by atoms with Gasteiger partial charge in [0.25, 0.3) is 5.91 Å². The molecule has 1 N–H and O–H groups in total. The molecule has 1 saturated heterocycles. The van der Waals surface area contributed by atoms with E-state index in [1.165, 1.54) is 29.4 Å². The molecule has 31 heavy (non-hydrogen) atoms. The van der Waals surface area contributed by atoms with Gasteiger partial charge in [-0.1, -0.05) is 25.4 Å². The van der Waals surface area contributed by atoms with Crippen molar-refractivity contribution in [2.75, 3.05) is 25.0 Å². The fourth-order valence-electron chi connectivity index (χ4n) is 2.92. The van der Waals surface area contributed by atoms with Crippen molar-refractivity contribution in [3.63, 3.8) is 0 Å². The Morgan fingerprint density at radius 2 is 1.77 bits per heavy atom. The first-order valence-corrected chi connectivity index (χ1v) is 11.5. The summed E-state index contributed by atoms with van der Waals surface area (Å²) in [5.74, 6) is -2.63. The highest BCUT2D eigenvalue weighted by Gasteiger charge is 2.32. The summed E-state index contributed by atoms with van der Waals surface area (Å²) in [6.07, 6.45) is -1.21. The molecule has 0 spiro atoms. The zero-order valence-electron chi connectivity index (χ0n) is 17.4. The van der Waals surface area contributed by atoms with E-state index in [4.69, 9.17) is 16.3 Å². The second-order valence-corrected chi connectivity index (χ2v) is 9.07. The summed E-state index contributed by atoms with van der Waals surface area (Å²) in [5, 5.41) is 2.53. The molecule has 1 fully saturated rings. The molecule has 0 saturated carbocycles. The Kier molecular flexibility index (Phi) is 8.15. The third-order valence-electron chi connectivity index (χ3n) is 4.66. The molecule has 0 radical (unpaired) electrons. The molecular weight excluding hydrogens is 450 g/mol. The van der Waals surface area contributed by atoms with Crippen molar-refractivity contribution in [3.8, 4) is 0 Å². The Labute approximate surface area is 185 Å². The van der Waals surface area contributed by atoms with Crippen molar-refractivity contribution < 1.29 is 32.3 Å². The van der Waals surface area contributed by atoms with Gasteiger partial charge in [-0.2, -0.15) is 4.31 Å². The number of nitrogens with zero attached hydrogens (tertiary/aromatic N) is 2. The molecule has 170 valence electrons. The van der Waals surface area contributed by atoms with Crippen LogP contribution in [0.3, 0.4) is 0 Å². The van der Waals surface area contributed by atoms with Gasteiger partial charge in [0.1, 0.15) is 6.54 Å². The van der Waals surface area contributed by atoms with Crippen LogP contribution in [0.5, 0.6) is 0 Å². The van der Waals surface area contributed by atoms with E-state index in [9.17, 15) is 27.6 Å². The highest BCUT2D eigenvalue weighted by Crippen LogP contribution is 2.27. The van der Waals surface area contributed by atoms with Gasteiger partial charge in [-0.3, -0.25) is 24.1 Å². The number of anilines is 1. The largest absolute Gasteiger partial charge is 0.451 e. The van der Waals surface area contributed by atoms with E-state index in [1.54, 1.807) is 13.8 Å². The molecule has 3 amide bonds. The first-order chi connectivity index (χ1) is 14.5. The maximum atomic E-state index is 12.7. The van der Waals surface area contributed by atoms with Gasteiger partial charge in [-0.25, -0.2) is 8.42 Å². The van der Waals surface area contributed by atoms with E-state index in [0.717, 1.165) is 4.90 Å². The highest BCUT2D eigenvalue weighted by atomic mass is 35.5. The lowest BCUT2D eigenvalue weighted by molar-refractivity contribution is -0.158. The highest BCUT2D eigenvalue weighted by molar-refractivity contribution is 7.89. The topological polar surface area (TPSA) is 130 Å². The fraction of sp³-hybridized carbons (Fsp3) is 0.474. The molecule has 0 aromatic heterocycles. The van der Waals surface area contributed by atoms with E-state index in [2.05, 4.69) is 5.32 Å². The van der Waals surface area contributed by atoms with Crippen LogP contribution in [0.4, 0.5) is 5.69 Å². The minimum atomic E-state index is -3.77. The predicted octanol–water partition coefficient (Wildman–Crippen LogP) is 1.39. The van der Waals surface area contributed by atoms with Crippen molar-refractivity contribution in [2.24, 2.45) is 0 Å². The van der Waals surface area contributed by atoms with Crippen LogP contribution in [0.15, 0.2) is 23.1 Å². The van der Waals surface area contributed by atoms with Gasteiger partial charge in [0.15, 0.2) is 6.10 Å². The van der Waals surface area contributed by atoms with Crippen LogP contribution in [0, 0.1) is 0 Å². The number of esters is 1. The Balaban J connectivity index is 2.08. The summed E-state index contributed by atoms with van der Waals surface area (Å²) in [7, 11) is -3.77. The number of ether oxygens (including phenoxy) is 1. The molecule has 1 aliphatic rings. The molecule has 1 unspecified atom stereocenters. The Morgan fingerprint density at radius 1 is 1.19 bits per heavy atom. The summed E-state index contributed by atoms with van der Waals surface area (Å²) in [6, 6.07) is 3.90. The van der Waals surface area contributed by atoms with Gasteiger partial charge in [0, 0.05) is 25.9 Å². The van der Waals surface area contributed by atoms with E-state index < -0.39 is 46.4 Å². The SMILES string of the molecule is CCN(CC)S(=O)(=O)c1ccc(Cl)c(NC(=O)C(C)OC(=O)CN2C(=O)CCC2=O)c1. The van der Waals surface area contributed by atoms with Gasteiger partial charge in [-0.05, 0) is 25.1 Å². The molecule has 0 bridgehead atoms. The van der Waals surface area contributed by atoms with Crippen LogP contribution in [-0.4, -0.2) is 67.1 Å². The van der Waals surface area contributed by atoms with Crippen molar-refractivity contribution in [3.05, 3.63) is 23.2 Å². The van der Waals surface area contributed by atoms with Crippen molar-refractivity contribution in [2.45, 2.75) is 44.6 Å². The number of hydrogen-bond acceptors (Lipinski definition) is 7. The lowest BCUT2D eigenvalue weighted by Gasteiger charge is -2.20. The minimum absolute atomic E-state index is 0.0349.